The number of nitrogen functional groups attached to an aromatic ring is 1. The highest BCUT2D eigenvalue weighted by atomic mass is 16.5. The summed E-state index contributed by atoms with van der Waals surface area (Å²) in [6, 6.07) is 15.4. The molecule has 32 heavy (non-hydrogen) atoms. The van der Waals surface area contributed by atoms with E-state index in [1.54, 1.807) is 13.2 Å². The van der Waals surface area contributed by atoms with E-state index in [-0.39, 0.29) is 11.6 Å². The Morgan fingerprint density at radius 2 is 1.81 bits per heavy atom. The van der Waals surface area contributed by atoms with Crippen molar-refractivity contribution in [1.29, 1.82) is 0 Å². The highest BCUT2D eigenvalue weighted by Crippen LogP contribution is 2.39. The van der Waals surface area contributed by atoms with Gasteiger partial charge >= 0.3 is 0 Å². The molecule has 164 valence electrons. The summed E-state index contributed by atoms with van der Waals surface area (Å²) in [5.74, 6) is 1.37. The second-order valence-electron chi connectivity index (χ2n) is 8.31. The topological polar surface area (TPSA) is 95.1 Å². The minimum atomic E-state index is -0.302. The van der Waals surface area contributed by atoms with Crippen LogP contribution in [0.25, 0.3) is 22.1 Å². The van der Waals surface area contributed by atoms with Crippen molar-refractivity contribution in [2.75, 3.05) is 18.2 Å². The van der Waals surface area contributed by atoms with E-state index in [0.717, 1.165) is 37.0 Å². The van der Waals surface area contributed by atoms with Crippen LogP contribution >= 0.6 is 0 Å². The van der Waals surface area contributed by atoms with Crippen molar-refractivity contribution < 1.29 is 4.74 Å². The van der Waals surface area contributed by atoms with Gasteiger partial charge in [0.15, 0.2) is 5.65 Å². The van der Waals surface area contributed by atoms with Crippen molar-refractivity contribution in [1.82, 2.24) is 14.5 Å². The number of ether oxygens (including phenoxy) is 1. The summed E-state index contributed by atoms with van der Waals surface area (Å²) in [4.78, 5) is 22.4. The summed E-state index contributed by atoms with van der Waals surface area (Å²) in [5.41, 5.74) is 9.86. The van der Waals surface area contributed by atoms with E-state index in [1.165, 1.54) is 6.42 Å². The third-order valence-corrected chi connectivity index (χ3v) is 6.35. The summed E-state index contributed by atoms with van der Waals surface area (Å²) in [5, 5.41) is 3.94. The van der Waals surface area contributed by atoms with Crippen molar-refractivity contribution in [2.24, 2.45) is 0 Å². The van der Waals surface area contributed by atoms with Crippen molar-refractivity contribution in [3.05, 3.63) is 64.4 Å². The van der Waals surface area contributed by atoms with E-state index in [0.29, 0.717) is 40.1 Å². The Hall–Kier alpha value is -3.61. The van der Waals surface area contributed by atoms with Gasteiger partial charge in [-0.05, 0) is 31.0 Å². The molecule has 0 bridgehead atoms. The van der Waals surface area contributed by atoms with Crippen LogP contribution in [-0.2, 0) is 6.54 Å². The second-order valence-corrected chi connectivity index (χ2v) is 8.31. The third-order valence-electron chi connectivity index (χ3n) is 6.35. The van der Waals surface area contributed by atoms with Gasteiger partial charge in [0.05, 0.1) is 18.0 Å². The number of anilines is 2. The molecule has 5 rings (SSSR count). The molecule has 0 saturated heterocycles. The third kappa shape index (κ3) is 3.53. The number of aromatic nitrogens is 3. The quantitative estimate of drug-likeness (QED) is 0.479. The molecule has 0 amide bonds. The first kappa shape index (κ1) is 20.3. The maximum Gasteiger partial charge on any atom is 0.279 e. The van der Waals surface area contributed by atoms with Crippen molar-refractivity contribution in [3.8, 4) is 5.75 Å². The minimum absolute atomic E-state index is 0.249. The molecule has 2 heterocycles. The lowest BCUT2D eigenvalue weighted by Gasteiger charge is -2.24. The molecule has 0 spiro atoms. The fourth-order valence-electron chi connectivity index (χ4n) is 4.74. The molecule has 1 saturated carbocycles. The second kappa shape index (κ2) is 8.49. The number of benzene rings is 2. The average molecular weight is 430 g/mol. The molecule has 1 aliphatic carbocycles. The number of hydrogen-bond acceptors (Lipinski definition) is 6. The van der Waals surface area contributed by atoms with Crippen LogP contribution in [0.5, 0.6) is 5.75 Å². The molecule has 2 aromatic carbocycles. The number of nitrogens with two attached hydrogens (primary N) is 1. The monoisotopic (exact) mass is 429 g/mol. The summed E-state index contributed by atoms with van der Waals surface area (Å²) >= 11 is 0. The van der Waals surface area contributed by atoms with Crippen LogP contribution < -0.4 is 21.3 Å². The maximum atomic E-state index is 13.0. The van der Waals surface area contributed by atoms with Gasteiger partial charge in [0.25, 0.3) is 5.56 Å². The van der Waals surface area contributed by atoms with E-state index in [2.05, 4.69) is 14.9 Å². The lowest BCUT2D eigenvalue weighted by Crippen LogP contribution is -2.15. The average Bonchev–Trinajstić information content (AvgIpc) is 2.98. The Balaban J connectivity index is 1.70. The molecule has 7 heteroatoms. The van der Waals surface area contributed by atoms with E-state index in [4.69, 9.17) is 15.5 Å². The summed E-state index contributed by atoms with van der Waals surface area (Å²) in [7, 11) is 1.66. The van der Waals surface area contributed by atoms with Crippen LogP contribution in [0.1, 0.15) is 43.7 Å². The molecular formula is C25H27N5O2. The van der Waals surface area contributed by atoms with Crippen LogP contribution in [-0.4, -0.2) is 21.6 Å². The predicted molar refractivity (Wildman–Crippen MR) is 128 cm³/mol. The molecule has 3 N–H and O–H groups in total. The SMILES string of the molecule is COc1ccccc1CNc1c(N)n(C2CCCCC2)c2nc3ccccc3c(=O)nc12. The predicted octanol–water partition coefficient (Wildman–Crippen LogP) is 4.65. The van der Waals surface area contributed by atoms with Gasteiger partial charge in [-0.25, -0.2) is 9.97 Å². The zero-order chi connectivity index (χ0) is 22.1. The number of nitrogens with one attached hydrogen (secondary N) is 1. The number of methoxy groups -OCH3 is 1. The smallest absolute Gasteiger partial charge is 0.279 e. The van der Waals surface area contributed by atoms with Crippen molar-refractivity contribution in [2.45, 2.75) is 44.7 Å². The van der Waals surface area contributed by atoms with Gasteiger partial charge in [-0.15, -0.1) is 0 Å². The van der Waals surface area contributed by atoms with Crippen molar-refractivity contribution in [3.63, 3.8) is 0 Å². The van der Waals surface area contributed by atoms with Gasteiger partial charge in [0, 0.05) is 18.2 Å². The maximum absolute atomic E-state index is 13.0. The lowest BCUT2D eigenvalue weighted by atomic mass is 9.95. The summed E-state index contributed by atoms with van der Waals surface area (Å²) in [6.45, 7) is 0.492. The molecule has 4 aromatic rings. The zero-order valence-corrected chi connectivity index (χ0v) is 18.2. The molecule has 0 aliphatic heterocycles. The molecule has 0 atom stereocenters. The molecule has 2 aromatic heterocycles. The van der Waals surface area contributed by atoms with E-state index in [1.807, 2.05) is 42.5 Å². The number of para-hydroxylation sites is 2. The number of fused-ring (bicyclic) bond motifs is 2. The van der Waals surface area contributed by atoms with Crippen LogP contribution in [0.4, 0.5) is 11.5 Å². The Labute approximate surface area is 186 Å². The van der Waals surface area contributed by atoms with E-state index < -0.39 is 0 Å². The van der Waals surface area contributed by atoms with Gasteiger partial charge in [0.2, 0.25) is 0 Å². The zero-order valence-electron chi connectivity index (χ0n) is 18.2. The Morgan fingerprint density at radius 3 is 2.62 bits per heavy atom. The van der Waals surface area contributed by atoms with Crippen LogP contribution in [0.2, 0.25) is 0 Å². The first-order valence-corrected chi connectivity index (χ1v) is 11.1. The fraction of sp³-hybridized carbons (Fsp3) is 0.320. The largest absolute Gasteiger partial charge is 0.496 e. The minimum Gasteiger partial charge on any atom is -0.496 e. The van der Waals surface area contributed by atoms with Gasteiger partial charge in [0.1, 0.15) is 22.8 Å². The Morgan fingerprint density at radius 1 is 1.06 bits per heavy atom. The van der Waals surface area contributed by atoms with Crippen molar-refractivity contribution >= 4 is 33.6 Å². The first-order chi connectivity index (χ1) is 15.7. The van der Waals surface area contributed by atoms with Crippen LogP contribution in [0.3, 0.4) is 0 Å². The molecule has 0 unspecified atom stereocenters. The van der Waals surface area contributed by atoms with E-state index in [9.17, 15) is 4.79 Å². The molecule has 7 nitrogen and oxygen atoms in total. The summed E-state index contributed by atoms with van der Waals surface area (Å²) in [6.07, 6.45) is 5.65. The number of rotatable bonds is 5. The standard InChI is InChI=1S/C25H27N5O2/c1-32-20-14-8-5-9-16(20)15-27-21-22-24(30(23(21)26)17-10-3-2-4-11-17)28-19-13-7-6-12-18(19)25(31)29-22/h5-9,12-14,17,27H,2-4,10-11,15,26H2,1H3. The van der Waals surface area contributed by atoms with Crippen LogP contribution in [0.15, 0.2) is 53.3 Å². The van der Waals surface area contributed by atoms with Gasteiger partial charge in [-0.3, -0.25) is 4.79 Å². The van der Waals surface area contributed by atoms with Gasteiger partial charge in [-0.1, -0.05) is 49.6 Å². The lowest BCUT2D eigenvalue weighted by molar-refractivity contribution is 0.363. The van der Waals surface area contributed by atoms with Crippen LogP contribution in [0, 0.1) is 0 Å². The van der Waals surface area contributed by atoms with Gasteiger partial charge in [-0.2, -0.15) is 0 Å². The highest BCUT2D eigenvalue weighted by Gasteiger charge is 2.25. The Bertz CT molecular complexity index is 1340. The molecular weight excluding hydrogens is 402 g/mol. The molecule has 1 fully saturated rings. The number of nitrogens with zero attached hydrogens (tertiary/aromatic N) is 3. The number of hydrogen-bond donors (Lipinski definition) is 2. The summed E-state index contributed by atoms with van der Waals surface area (Å²) < 4.78 is 7.58. The van der Waals surface area contributed by atoms with Gasteiger partial charge < -0.3 is 20.4 Å². The molecule has 0 radical (unpaired) electrons. The molecule has 1 aliphatic rings. The Kier molecular flexibility index (Phi) is 5.39. The van der Waals surface area contributed by atoms with E-state index >= 15 is 0 Å². The fourth-order valence-corrected chi connectivity index (χ4v) is 4.74. The highest BCUT2D eigenvalue weighted by molar-refractivity contribution is 5.97. The first-order valence-electron chi connectivity index (χ1n) is 11.1. The normalized spacial score (nSPS) is 14.7.